The number of hydrogen-bond donors (Lipinski definition) is 1. The van der Waals surface area contributed by atoms with E-state index in [2.05, 4.69) is 4.72 Å². The van der Waals surface area contributed by atoms with Gasteiger partial charge in [-0.1, -0.05) is 6.92 Å². The zero-order valence-corrected chi connectivity index (χ0v) is 13.3. The van der Waals surface area contributed by atoms with Crippen LogP contribution in [0.25, 0.3) is 0 Å². The van der Waals surface area contributed by atoms with E-state index < -0.39 is 10.0 Å². The summed E-state index contributed by atoms with van der Waals surface area (Å²) in [5.41, 5.74) is -0.348. The third-order valence-corrected chi connectivity index (χ3v) is 6.56. The van der Waals surface area contributed by atoms with Crippen molar-refractivity contribution < 1.29 is 13.2 Å². The molecule has 0 atom stereocenters. The number of aryl methyl sites for hydroxylation is 2. The highest BCUT2D eigenvalue weighted by Crippen LogP contribution is 2.30. The molecule has 2 rings (SSSR count). The Morgan fingerprint density at radius 1 is 1.37 bits per heavy atom. The highest BCUT2D eigenvalue weighted by atomic mass is 32.2. The minimum absolute atomic E-state index is 0.348. The molecular formula is C13H21NO3S2. The van der Waals surface area contributed by atoms with Gasteiger partial charge >= 0.3 is 0 Å². The third-order valence-electron chi connectivity index (χ3n) is 3.76. The Labute approximate surface area is 119 Å². The van der Waals surface area contributed by atoms with E-state index in [1.165, 1.54) is 11.3 Å². The molecule has 0 saturated carbocycles. The predicted octanol–water partition coefficient (Wildman–Crippen LogP) is 2.60. The third kappa shape index (κ3) is 3.18. The number of thiophene rings is 1. The summed E-state index contributed by atoms with van der Waals surface area (Å²) < 4.78 is 33.4. The average molecular weight is 303 g/mol. The van der Waals surface area contributed by atoms with Crippen LogP contribution < -0.4 is 4.72 Å². The molecule has 0 aliphatic carbocycles. The van der Waals surface area contributed by atoms with Gasteiger partial charge in [0.15, 0.2) is 0 Å². The number of nitrogens with one attached hydrogen (secondary N) is 1. The van der Waals surface area contributed by atoms with Crippen LogP contribution in [0.3, 0.4) is 0 Å². The highest BCUT2D eigenvalue weighted by Gasteiger charge is 2.36. The van der Waals surface area contributed by atoms with Crippen molar-refractivity contribution in [2.45, 2.75) is 50.5 Å². The van der Waals surface area contributed by atoms with Crippen LogP contribution in [-0.2, 0) is 14.8 Å². The summed E-state index contributed by atoms with van der Waals surface area (Å²) in [7, 11) is -3.44. The van der Waals surface area contributed by atoms with Crippen molar-refractivity contribution >= 4 is 21.4 Å². The van der Waals surface area contributed by atoms with Gasteiger partial charge in [0.1, 0.15) is 0 Å². The molecule has 1 saturated heterocycles. The molecule has 1 aromatic rings. The van der Waals surface area contributed by atoms with Gasteiger partial charge in [0.25, 0.3) is 0 Å². The quantitative estimate of drug-likeness (QED) is 0.930. The van der Waals surface area contributed by atoms with E-state index in [1.807, 2.05) is 20.8 Å². The Morgan fingerprint density at radius 2 is 2.00 bits per heavy atom. The number of hydrogen-bond acceptors (Lipinski definition) is 4. The van der Waals surface area contributed by atoms with E-state index in [9.17, 15) is 8.42 Å². The van der Waals surface area contributed by atoms with Gasteiger partial charge in [-0.15, -0.1) is 11.3 Å². The molecule has 19 heavy (non-hydrogen) atoms. The van der Waals surface area contributed by atoms with Gasteiger partial charge < -0.3 is 4.74 Å². The van der Waals surface area contributed by atoms with E-state index in [0.717, 1.165) is 29.0 Å². The second-order valence-corrected chi connectivity index (χ2v) is 8.24. The molecule has 1 aliphatic rings. The van der Waals surface area contributed by atoms with E-state index in [-0.39, 0.29) is 5.54 Å². The summed E-state index contributed by atoms with van der Waals surface area (Å²) >= 11 is 1.52. The minimum atomic E-state index is -3.44. The van der Waals surface area contributed by atoms with E-state index in [0.29, 0.717) is 18.1 Å². The summed E-state index contributed by atoms with van der Waals surface area (Å²) in [6.45, 7) is 7.06. The Balaban J connectivity index is 2.27. The van der Waals surface area contributed by atoms with E-state index in [4.69, 9.17) is 4.74 Å². The molecule has 0 aromatic carbocycles. The van der Waals surface area contributed by atoms with Crippen molar-refractivity contribution in [1.82, 2.24) is 4.72 Å². The molecule has 0 bridgehead atoms. The largest absolute Gasteiger partial charge is 0.381 e. The highest BCUT2D eigenvalue weighted by molar-refractivity contribution is 7.89. The SMILES string of the molecule is CCC1(NS(=O)(=O)c2cc(C)sc2C)CCOCC1. The molecule has 2 heterocycles. The summed E-state index contributed by atoms with van der Waals surface area (Å²) in [5, 5.41) is 0. The smallest absolute Gasteiger partial charge is 0.242 e. The lowest BCUT2D eigenvalue weighted by Crippen LogP contribution is -2.51. The maximum Gasteiger partial charge on any atom is 0.242 e. The maximum absolute atomic E-state index is 12.6. The maximum atomic E-state index is 12.6. The molecular weight excluding hydrogens is 282 g/mol. The van der Waals surface area contributed by atoms with Crippen LogP contribution >= 0.6 is 11.3 Å². The van der Waals surface area contributed by atoms with Crippen LogP contribution in [0.1, 0.15) is 35.9 Å². The van der Waals surface area contributed by atoms with Gasteiger partial charge in [0.2, 0.25) is 10.0 Å². The summed E-state index contributed by atoms with van der Waals surface area (Å²) in [5.74, 6) is 0. The summed E-state index contributed by atoms with van der Waals surface area (Å²) in [6, 6.07) is 1.75. The fourth-order valence-electron chi connectivity index (χ4n) is 2.50. The molecule has 0 spiro atoms. The zero-order chi connectivity index (χ0) is 14.1. The lowest BCUT2D eigenvalue weighted by molar-refractivity contribution is 0.0457. The van der Waals surface area contributed by atoms with Crippen molar-refractivity contribution in [2.24, 2.45) is 0 Å². The Hall–Kier alpha value is -0.430. The van der Waals surface area contributed by atoms with Gasteiger partial charge in [-0.05, 0) is 39.2 Å². The molecule has 4 nitrogen and oxygen atoms in total. The number of rotatable bonds is 4. The topological polar surface area (TPSA) is 55.4 Å². The van der Waals surface area contributed by atoms with Crippen LogP contribution in [0.5, 0.6) is 0 Å². The standard InChI is InChI=1S/C13H21NO3S2/c1-4-13(5-7-17-8-6-13)14-19(15,16)12-9-10(2)18-11(12)3/h9,14H,4-8H2,1-3H3. The van der Waals surface area contributed by atoms with Crippen LogP contribution in [0.15, 0.2) is 11.0 Å². The van der Waals surface area contributed by atoms with Crippen molar-refractivity contribution in [3.05, 3.63) is 15.8 Å². The minimum Gasteiger partial charge on any atom is -0.381 e. The first-order valence-corrected chi connectivity index (χ1v) is 8.87. The second kappa shape index (κ2) is 5.52. The normalized spacial score (nSPS) is 19.5. The van der Waals surface area contributed by atoms with Crippen LogP contribution in [0, 0.1) is 13.8 Å². The van der Waals surface area contributed by atoms with E-state index in [1.54, 1.807) is 6.07 Å². The van der Waals surface area contributed by atoms with Gasteiger partial charge in [-0.25, -0.2) is 13.1 Å². The lowest BCUT2D eigenvalue weighted by atomic mass is 9.89. The summed E-state index contributed by atoms with van der Waals surface area (Å²) in [4.78, 5) is 2.30. The number of ether oxygens (including phenoxy) is 1. The van der Waals surface area contributed by atoms with E-state index >= 15 is 0 Å². The van der Waals surface area contributed by atoms with Gasteiger partial charge in [-0.2, -0.15) is 0 Å². The second-order valence-electron chi connectivity index (χ2n) is 5.13. The van der Waals surface area contributed by atoms with Crippen LogP contribution in [0.4, 0.5) is 0 Å². The van der Waals surface area contributed by atoms with Gasteiger partial charge in [0, 0.05) is 28.5 Å². The molecule has 6 heteroatoms. The Morgan fingerprint density at radius 3 is 2.47 bits per heavy atom. The monoisotopic (exact) mass is 303 g/mol. The molecule has 108 valence electrons. The molecule has 1 fully saturated rings. The molecule has 1 aliphatic heterocycles. The fourth-order valence-corrected chi connectivity index (χ4v) is 5.59. The van der Waals surface area contributed by atoms with Crippen molar-refractivity contribution in [1.29, 1.82) is 0 Å². The van der Waals surface area contributed by atoms with Crippen molar-refractivity contribution in [3.63, 3.8) is 0 Å². The molecule has 0 radical (unpaired) electrons. The molecule has 1 N–H and O–H groups in total. The van der Waals surface area contributed by atoms with Gasteiger partial charge in [-0.3, -0.25) is 0 Å². The Bertz CT molecular complexity index is 542. The summed E-state index contributed by atoms with van der Waals surface area (Å²) in [6.07, 6.45) is 2.27. The lowest BCUT2D eigenvalue weighted by Gasteiger charge is -2.36. The predicted molar refractivity (Wildman–Crippen MR) is 77.2 cm³/mol. The van der Waals surface area contributed by atoms with Gasteiger partial charge in [0.05, 0.1) is 4.90 Å². The number of sulfonamides is 1. The first-order chi connectivity index (χ1) is 8.88. The average Bonchev–Trinajstić information content (AvgIpc) is 2.70. The zero-order valence-electron chi connectivity index (χ0n) is 11.7. The molecule has 1 aromatic heterocycles. The molecule has 0 amide bonds. The van der Waals surface area contributed by atoms with Crippen molar-refractivity contribution in [3.8, 4) is 0 Å². The first-order valence-electron chi connectivity index (χ1n) is 6.57. The fraction of sp³-hybridized carbons (Fsp3) is 0.692. The van der Waals surface area contributed by atoms with Crippen LogP contribution in [-0.4, -0.2) is 27.2 Å². The van der Waals surface area contributed by atoms with Crippen molar-refractivity contribution in [2.75, 3.05) is 13.2 Å². The van der Waals surface area contributed by atoms with Crippen LogP contribution in [0.2, 0.25) is 0 Å². The Kier molecular flexibility index (Phi) is 4.35. The first kappa shape index (κ1) is 15.0. The molecule has 0 unspecified atom stereocenters.